The van der Waals surface area contributed by atoms with Crippen LogP contribution in [0.4, 0.5) is 17.1 Å². The molecule has 0 aliphatic heterocycles. The van der Waals surface area contributed by atoms with E-state index >= 15 is 0 Å². The predicted octanol–water partition coefficient (Wildman–Crippen LogP) is 15.3. The molecule has 9 aromatic rings. The number of anilines is 3. The van der Waals surface area contributed by atoms with E-state index in [-0.39, 0.29) is 11.2 Å². The van der Waals surface area contributed by atoms with Crippen LogP contribution in [0.1, 0.15) is 31.9 Å². The molecule has 0 aromatic heterocycles. The van der Waals surface area contributed by atoms with Crippen LogP contribution in [0.3, 0.4) is 0 Å². The third-order valence-corrected chi connectivity index (χ3v) is 12.4. The smallest absolute Gasteiger partial charge is 0.336 e. The standard InChI is InChI=1S/C60H45NO3/c1-40(62)13-36-59(63)64-54-32-24-47(25-33-54)44-16-14-43(15-17-44)46-22-29-52(30-23-46)61(51-27-20-45(21-28-51)41-9-5-4-6-10-41)53-31-35-56-55-34-26-50(38-57(55)60(2,3)58(56)39-53)49-19-18-42-11-7-8-12-48(42)37-49/h4-39H,1-3H3/b36-13-. The molecule has 0 saturated carbocycles. The average molecular weight is 828 g/mol. The van der Waals surface area contributed by atoms with Gasteiger partial charge >= 0.3 is 5.97 Å². The first-order valence-electron chi connectivity index (χ1n) is 21.6. The van der Waals surface area contributed by atoms with E-state index in [0.717, 1.165) is 45.4 Å². The van der Waals surface area contributed by atoms with Gasteiger partial charge in [-0.3, -0.25) is 4.79 Å². The molecule has 0 N–H and O–H groups in total. The summed E-state index contributed by atoms with van der Waals surface area (Å²) in [7, 11) is 0. The van der Waals surface area contributed by atoms with E-state index in [9.17, 15) is 9.59 Å². The summed E-state index contributed by atoms with van der Waals surface area (Å²) in [6, 6.07) is 73.3. The highest BCUT2D eigenvalue weighted by Crippen LogP contribution is 2.52. The second-order valence-electron chi connectivity index (χ2n) is 16.9. The lowest BCUT2D eigenvalue weighted by Crippen LogP contribution is -2.16. The van der Waals surface area contributed by atoms with E-state index in [1.807, 2.05) is 12.1 Å². The van der Waals surface area contributed by atoms with Crippen molar-refractivity contribution < 1.29 is 14.3 Å². The van der Waals surface area contributed by atoms with E-state index in [1.54, 1.807) is 12.1 Å². The summed E-state index contributed by atoms with van der Waals surface area (Å²) in [4.78, 5) is 25.5. The third-order valence-electron chi connectivity index (χ3n) is 12.4. The van der Waals surface area contributed by atoms with Crippen molar-refractivity contribution in [3.63, 3.8) is 0 Å². The Kier molecular flexibility index (Phi) is 10.4. The maximum absolute atomic E-state index is 12.0. The minimum atomic E-state index is -0.587. The number of esters is 1. The molecule has 1 aliphatic rings. The summed E-state index contributed by atoms with van der Waals surface area (Å²) < 4.78 is 5.33. The molecule has 10 rings (SSSR count). The first kappa shape index (κ1) is 40.0. The maximum atomic E-state index is 12.0. The topological polar surface area (TPSA) is 46.6 Å². The highest BCUT2D eigenvalue weighted by molar-refractivity contribution is 5.95. The minimum absolute atomic E-state index is 0.211. The number of allylic oxidation sites excluding steroid dienone is 1. The third kappa shape index (κ3) is 7.82. The predicted molar refractivity (Wildman–Crippen MR) is 263 cm³/mol. The molecular formula is C60H45NO3. The summed E-state index contributed by atoms with van der Waals surface area (Å²) in [5.74, 6) is -0.381. The molecule has 0 unspecified atom stereocenters. The van der Waals surface area contributed by atoms with Crippen molar-refractivity contribution in [3.05, 3.63) is 230 Å². The average Bonchev–Trinajstić information content (AvgIpc) is 3.56. The number of benzene rings is 9. The van der Waals surface area contributed by atoms with Crippen LogP contribution < -0.4 is 9.64 Å². The summed E-state index contributed by atoms with van der Waals surface area (Å²) >= 11 is 0. The monoisotopic (exact) mass is 827 g/mol. The van der Waals surface area contributed by atoms with Crippen molar-refractivity contribution >= 4 is 39.6 Å². The van der Waals surface area contributed by atoms with Gasteiger partial charge in [-0.1, -0.05) is 159 Å². The van der Waals surface area contributed by atoms with Gasteiger partial charge in [0, 0.05) is 28.6 Å². The number of fused-ring (bicyclic) bond motifs is 4. The molecule has 0 spiro atoms. The van der Waals surface area contributed by atoms with Gasteiger partial charge in [0.15, 0.2) is 5.78 Å². The number of ether oxygens (including phenoxy) is 1. The fourth-order valence-corrected chi connectivity index (χ4v) is 9.00. The van der Waals surface area contributed by atoms with Crippen LogP contribution in [0, 0.1) is 0 Å². The number of rotatable bonds is 10. The van der Waals surface area contributed by atoms with Crippen molar-refractivity contribution in [3.8, 4) is 61.4 Å². The van der Waals surface area contributed by atoms with Crippen LogP contribution >= 0.6 is 0 Å². The van der Waals surface area contributed by atoms with Gasteiger partial charge < -0.3 is 9.64 Å². The molecular weight excluding hydrogens is 783 g/mol. The number of carbonyl (C=O) groups excluding carboxylic acids is 2. The van der Waals surface area contributed by atoms with Gasteiger partial charge in [0.2, 0.25) is 0 Å². The first-order chi connectivity index (χ1) is 31.2. The zero-order chi connectivity index (χ0) is 43.8. The van der Waals surface area contributed by atoms with E-state index in [4.69, 9.17) is 4.74 Å². The van der Waals surface area contributed by atoms with Crippen molar-refractivity contribution in [1.82, 2.24) is 0 Å². The molecule has 0 amide bonds. The second-order valence-corrected chi connectivity index (χ2v) is 16.9. The Morgan fingerprint density at radius 1 is 0.422 bits per heavy atom. The lowest BCUT2D eigenvalue weighted by molar-refractivity contribution is -0.129. The van der Waals surface area contributed by atoms with Crippen molar-refractivity contribution in [2.75, 3.05) is 4.90 Å². The molecule has 0 fully saturated rings. The molecule has 4 heteroatoms. The lowest BCUT2D eigenvalue weighted by Gasteiger charge is -2.28. The normalized spacial score (nSPS) is 12.5. The molecule has 0 saturated heterocycles. The Labute approximate surface area is 374 Å². The summed E-state index contributed by atoms with van der Waals surface area (Å²) in [6.45, 7) is 6.10. The van der Waals surface area contributed by atoms with Gasteiger partial charge in [0.05, 0.1) is 0 Å². The highest BCUT2D eigenvalue weighted by Gasteiger charge is 2.36. The van der Waals surface area contributed by atoms with E-state index in [0.29, 0.717) is 5.75 Å². The van der Waals surface area contributed by atoms with Crippen molar-refractivity contribution in [2.45, 2.75) is 26.2 Å². The van der Waals surface area contributed by atoms with Gasteiger partial charge in [-0.25, -0.2) is 4.79 Å². The largest absolute Gasteiger partial charge is 0.423 e. The van der Waals surface area contributed by atoms with Crippen LogP contribution in [-0.2, 0) is 15.0 Å². The summed E-state index contributed by atoms with van der Waals surface area (Å²) in [5.41, 5.74) is 17.4. The molecule has 0 heterocycles. The summed E-state index contributed by atoms with van der Waals surface area (Å²) in [6.07, 6.45) is 2.33. The van der Waals surface area contributed by atoms with Crippen LogP contribution in [0.5, 0.6) is 5.75 Å². The molecule has 4 nitrogen and oxygen atoms in total. The number of hydrogen-bond donors (Lipinski definition) is 0. The molecule has 0 radical (unpaired) electrons. The molecule has 64 heavy (non-hydrogen) atoms. The van der Waals surface area contributed by atoms with E-state index in [1.165, 1.54) is 68.3 Å². The van der Waals surface area contributed by atoms with Gasteiger partial charge in [0.25, 0.3) is 0 Å². The Hall–Kier alpha value is -8.08. The number of nitrogens with zero attached hydrogens (tertiary/aromatic N) is 1. The van der Waals surface area contributed by atoms with Gasteiger partial charge in [0.1, 0.15) is 5.75 Å². The number of carbonyl (C=O) groups is 2. The van der Waals surface area contributed by atoms with Crippen LogP contribution in [0.2, 0.25) is 0 Å². The second kappa shape index (κ2) is 16.7. The van der Waals surface area contributed by atoms with Crippen molar-refractivity contribution in [2.24, 2.45) is 0 Å². The molecule has 9 aromatic carbocycles. The van der Waals surface area contributed by atoms with E-state index < -0.39 is 5.97 Å². The maximum Gasteiger partial charge on any atom is 0.336 e. The van der Waals surface area contributed by atoms with Crippen LogP contribution in [-0.4, -0.2) is 11.8 Å². The molecule has 0 atom stereocenters. The van der Waals surface area contributed by atoms with Gasteiger partial charge in [-0.2, -0.15) is 0 Å². The molecule has 0 bridgehead atoms. The fraction of sp³-hybridized carbons (Fsp3) is 0.0667. The Bertz CT molecular complexity index is 3220. The lowest BCUT2D eigenvalue weighted by atomic mass is 9.81. The van der Waals surface area contributed by atoms with Gasteiger partial charge in [-0.05, 0) is 151 Å². The molecule has 308 valence electrons. The van der Waals surface area contributed by atoms with Crippen LogP contribution in [0.25, 0.3) is 66.4 Å². The SMILES string of the molecule is CC(=O)/C=C\C(=O)Oc1ccc(-c2ccc(-c3ccc(N(c4ccc(-c5ccccc5)cc4)c4ccc5c(c4)C(C)(C)c4cc(-c6ccc7ccccc7c6)ccc4-5)cc3)cc2)cc1. The zero-order valence-corrected chi connectivity index (χ0v) is 36.0. The van der Waals surface area contributed by atoms with Crippen molar-refractivity contribution in [1.29, 1.82) is 0 Å². The zero-order valence-electron chi connectivity index (χ0n) is 36.0. The number of ketones is 1. The number of hydrogen-bond acceptors (Lipinski definition) is 4. The quantitative estimate of drug-likeness (QED) is 0.0783. The fourth-order valence-electron chi connectivity index (χ4n) is 9.00. The Balaban J connectivity index is 0.951. The first-order valence-corrected chi connectivity index (χ1v) is 21.6. The van der Waals surface area contributed by atoms with Crippen LogP contribution in [0.15, 0.2) is 218 Å². The molecule has 1 aliphatic carbocycles. The Morgan fingerprint density at radius 3 is 1.45 bits per heavy atom. The minimum Gasteiger partial charge on any atom is -0.423 e. The van der Waals surface area contributed by atoms with E-state index in [2.05, 4.69) is 201 Å². The Morgan fingerprint density at radius 2 is 0.859 bits per heavy atom. The highest BCUT2D eigenvalue weighted by atomic mass is 16.5. The summed E-state index contributed by atoms with van der Waals surface area (Å²) in [5, 5.41) is 2.50. The van der Waals surface area contributed by atoms with Gasteiger partial charge in [-0.15, -0.1) is 0 Å².